The molecule has 25 heavy (non-hydrogen) atoms. The van der Waals surface area contributed by atoms with Crippen LogP contribution in [0.5, 0.6) is 0 Å². The number of nitrogens with zero attached hydrogens (tertiary/aromatic N) is 3. The molecule has 7 heteroatoms. The van der Waals surface area contributed by atoms with Crippen molar-refractivity contribution >= 4 is 17.4 Å². The zero-order chi connectivity index (χ0) is 18.0. The van der Waals surface area contributed by atoms with Crippen LogP contribution < -0.4 is 0 Å². The lowest BCUT2D eigenvalue weighted by Gasteiger charge is -2.17. The van der Waals surface area contributed by atoms with Gasteiger partial charge in [0.25, 0.3) is 5.69 Å². The third-order valence-electron chi connectivity index (χ3n) is 4.67. The molecule has 1 aromatic carbocycles. The normalized spacial score (nSPS) is 18.4. The Kier molecular flexibility index (Phi) is 5.44. The van der Waals surface area contributed by atoms with Gasteiger partial charge in [0.05, 0.1) is 23.3 Å². The Hall–Kier alpha value is -1.86. The van der Waals surface area contributed by atoms with Crippen LogP contribution >= 0.6 is 11.8 Å². The molecule has 0 aliphatic carbocycles. The van der Waals surface area contributed by atoms with Gasteiger partial charge in [-0.3, -0.25) is 10.1 Å². The maximum Gasteiger partial charge on any atom is 0.269 e. The highest BCUT2D eigenvalue weighted by Gasteiger charge is 2.22. The van der Waals surface area contributed by atoms with E-state index < -0.39 is 0 Å². The van der Waals surface area contributed by atoms with Crippen LogP contribution in [0.25, 0.3) is 0 Å². The summed E-state index contributed by atoms with van der Waals surface area (Å²) < 4.78 is 8.00. The Morgan fingerprint density at radius 2 is 2.28 bits per heavy atom. The van der Waals surface area contributed by atoms with Crippen LogP contribution in [0.15, 0.2) is 29.4 Å². The summed E-state index contributed by atoms with van der Waals surface area (Å²) in [5.74, 6) is 0. The van der Waals surface area contributed by atoms with Gasteiger partial charge in [-0.2, -0.15) is 0 Å². The molecule has 0 spiro atoms. The van der Waals surface area contributed by atoms with E-state index >= 15 is 0 Å². The lowest BCUT2D eigenvalue weighted by Crippen LogP contribution is -2.16. The summed E-state index contributed by atoms with van der Waals surface area (Å²) in [7, 11) is 0. The van der Waals surface area contributed by atoms with E-state index in [-0.39, 0.29) is 22.0 Å². The fourth-order valence-electron chi connectivity index (χ4n) is 3.04. The molecule has 0 N–H and O–H groups in total. The molecule has 2 heterocycles. The van der Waals surface area contributed by atoms with Crippen molar-refractivity contribution in [2.75, 3.05) is 6.61 Å². The van der Waals surface area contributed by atoms with E-state index in [1.807, 2.05) is 13.0 Å². The van der Waals surface area contributed by atoms with Gasteiger partial charge in [0.15, 0.2) is 5.16 Å². The maximum absolute atomic E-state index is 11.0. The van der Waals surface area contributed by atoms with Gasteiger partial charge in [-0.1, -0.05) is 23.9 Å². The van der Waals surface area contributed by atoms with Crippen molar-refractivity contribution < 1.29 is 9.66 Å². The smallest absolute Gasteiger partial charge is 0.269 e. The van der Waals surface area contributed by atoms with Crippen molar-refractivity contribution in [3.8, 4) is 0 Å². The number of ether oxygens (including phenoxy) is 1. The molecule has 1 aromatic heterocycles. The maximum atomic E-state index is 11.0. The molecule has 1 aliphatic rings. The largest absolute Gasteiger partial charge is 0.376 e. The molecule has 0 saturated carbocycles. The molecule has 134 valence electrons. The van der Waals surface area contributed by atoms with Gasteiger partial charge in [-0.15, -0.1) is 0 Å². The molecular formula is C18H23N3O3S. The van der Waals surface area contributed by atoms with E-state index in [9.17, 15) is 10.1 Å². The highest BCUT2D eigenvalue weighted by molar-refractivity contribution is 7.99. The summed E-state index contributed by atoms with van der Waals surface area (Å²) in [6, 6.07) is 6.83. The van der Waals surface area contributed by atoms with Crippen LogP contribution in [-0.2, 0) is 11.3 Å². The molecule has 0 radical (unpaired) electrons. The highest BCUT2D eigenvalue weighted by atomic mass is 32.2. The predicted molar refractivity (Wildman–Crippen MR) is 98.0 cm³/mol. The van der Waals surface area contributed by atoms with Gasteiger partial charge in [0.1, 0.15) is 0 Å². The van der Waals surface area contributed by atoms with Crippen LogP contribution in [0.3, 0.4) is 0 Å². The van der Waals surface area contributed by atoms with Crippen LogP contribution in [0.1, 0.15) is 42.0 Å². The first-order valence-electron chi connectivity index (χ1n) is 8.52. The zero-order valence-corrected chi connectivity index (χ0v) is 15.6. The van der Waals surface area contributed by atoms with Crippen molar-refractivity contribution in [3.63, 3.8) is 0 Å². The number of hydrogen-bond donors (Lipinski definition) is 0. The number of rotatable bonds is 6. The van der Waals surface area contributed by atoms with Gasteiger partial charge in [0, 0.05) is 29.7 Å². The quantitative estimate of drug-likeness (QED) is 0.432. The molecule has 6 nitrogen and oxygen atoms in total. The van der Waals surface area contributed by atoms with Crippen LogP contribution in [0, 0.1) is 24.0 Å². The SMILES string of the molecule is Cc1nc(S[C@@H](C)c2cccc([N+](=O)[O-])c2)n(C[C@@H]2CCCO2)c1C. The molecular weight excluding hydrogens is 338 g/mol. The molecule has 0 unspecified atom stereocenters. The number of aromatic nitrogens is 2. The Bertz CT molecular complexity index is 769. The molecule has 0 bridgehead atoms. The number of hydrogen-bond acceptors (Lipinski definition) is 5. The standard InChI is InChI=1S/C18H23N3O3S/c1-12-13(2)20(11-17-8-5-9-24-17)18(19-12)25-14(3)15-6-4-7-16(10-15)21(22)23/h4,6-7,10,14,17H,5,8-9,11H2,1-3H3/t14-,17-/m0/s1. The second-order valence-electron chi connectivity index (χ2n) is 6.42. The van der Waals surface area contributed by atoms with Gasteiger partial charge >= 0.3 is 0 Å². The zero-order valence-electron chi connectivity index (χ0n) is 14.8. The minimum absolute atomic E-state index is 0.0735. The molecule has 1 saturated heterocycles. The van der Waals surface area contributed by atoms with Crippen molar-refractivity contribution in [1.29, 1.82) is 0 Å². The lowest BCUT2D eigenvalue weighted by molar-refractivity contribution is -0.384. The van der Waals surface area contributed by atoms with Gasteiger partial charge in [-0.05, 0) is 39.2 Å². The molecule has 2 aromatic rings. The fraction of sp³-hybridized carbons (Fsp3) is 0.500. The molecule has 0 amide bonds. The average molecular weight is 361 g/mol. The first kappa shape index (κ1) is 17.9. The number of nitro groups is 1. The second kappa shape index (κ2) is 7.58. The number of aryl methyl sites for hydroxylation is 1. The van der Waals surface area contributed by atoms with Crippen LogP contribution in [-0.4, -0.2) is 27.2 Å². The topological polar surface area (TPSA) is 70.2 Å². The summed E-state index contributed by atoms with van der Waals surface area (Å²) in [6.07, 6.45) is 2.45. The summed E-state index contributed by atoms with van der Waals surface area (Å²) in [4.78, 5) is 15.4. The average Bonchev–Trinajstić information content (AvgIpc) is 3.19. The predicted octanol–water partition coefficient (Wildman–Crippen LogP) is 4.44. The van der Waals surface area contributed by atoms with E-state index in [0.717, 1.165) is 48.1 Å². The number of imidazole rings is 1. The highest BCUT2D eigenvalue weighted by Crippen LogP contribution is 2.36. The number of benzene rings is 1. The first-order valence-corrected chi connectivity index (χ1v) is 9.40. The minimum atomic E-state index is -0.354. The van der Waals surface area contributed by atoms with Gasteiger partial charge < -0.3 is 9.30 Å². The summed E-state index contributed by atoms with van der Waals surface area (Å²) in [5.41, 5.74) is 3.23. The second-order valence-corrected chi connectivity index (χ2v) is 7.73. The Morgan fingerprint density at radius 1 is 1.48 bits per heavy atom. The number of thioether (sulfide) groups is 1. The lowest BCUT2D eigenvalue weighted by atomic mass is 10.1. The monoisotopic (exact) mass is 361 g/mol. The molecule has 3 rings (SSSR count). The fourth-order valence-corrected chi connectivity index (χ4v) is 4.17. The molecule has 2 atom stereocenters. The van der Waals surface area contributed by atoms with Crippen LogP contribution in [0.2, 0.25) is 0 Å². The summed E-state index contributed by atoms with van der Waals surface area (Å²) in [5, 5.41) is 12.0. The van der Waals surface area contributed by atoms with E-state index in [0.29, 0.717) is 0 Å². The van der Waals surface area contributed by atoms with E-state index in [2.05, 4.69) is 18.4 Å². The summed E-state index contributed by atoms with van der Waals surface area (Å²) >= 11 is 1.64. The third kappa shape index (κ3) is 4.04. The van der Waals surface area contributed by atoms with Crippen molar-refractivity contribution in [3.05, 3.63) is 51.3 Å². The van der Waals surface area contributed by atoms with Crippen molar-refractivity contribution in [2.24, 2.45) is 0 Å². The first-order chi connectivity index (χ1) is 12.0. The molecule has 1 fully saturated rings. The Balaban J connectivity index is 1.81. The minimum Gasteiger partial charge on any atom is -0.376 e. The van der Waals surface area contributed by atoms with Crippen molar-refractivity contribution in [2.45, 2.75) is 56.7 Å². The Morgan fingerprint density at radius 3 is 2.96 bits per heavy atom. The van der Waals surface area contributed by atoms with Gasteiger partial charge in [0.2, 0.25) is 0 Å². The van der Waals surface area contributed by atoms with E-state index in [1.165, 1.54) is 6.07 Å². The number of nitro benzene ring substituents is 1. The third-order valence-corrected chi connectivity index (χ3v) is 5.81. The number of non-ortho nitro benzene ring substituents is 1. The van der Waals surface area contributed by atoms with Gasteiger partial charge in [-0.25, -0.2) is 4.98 Å². The van der Waals surface area contributed by atoms with Crippen LogP contribution in [0.4, 0.5) is 5.69 Å². The van der Waals surface area contributed by atoms with E-state index in [4.69, 9.17) is 9.72 Å². The summed E-state index contributed by atoms with van der Waals surface area (Å²) in [6.45, 7) is 7.81. The molecule has 1 aliphatic heterocycles. The van der Waals surface area contributed by atoms with Crippen molar-refractivity contribution in [1.82, 2.24) is 9.55 Å². The Labute approximate surface area is 151 Å². The van der Waals surface area contributed by atoms with E-state index in [1.54, 1.807) is 23.9 Å².